The highest BCUT2D eigenvalue weighted by molar-refractivity contribution is 5.97. The smallest absolute Gasteiger partial charge is 0.0737 e. The molecule has 14 rings (SSSR count). The summed E-state index contributed by atoms with van der Waals surface area (Å²) in [6, 6.07) is 83.1. The number of nitrogens with zero attached hydrogens (tertiary/aromatic N) is 1. The zero-order chi connectivity index (χ0) is 42.7. The van der Waals surface area contributed by atoms with Crippen LogP contribution in [0.2, 0.25) is 0 Å². The van der Waals surface area contributed by atoms with Crippen molar-refractivity contribution in [2.45, 2.75) is 36.0 Å². The zero-order valence-corrected chi connectivity index (χ0v) is 36.1. The van der Waals surface area contributed by atoms with Gasteiger partial charge in [-0.15, -0.1) is 0 Å². The summed E-state index contributed by atoms with van der Waals surface area (Å²) in [4.78, 5) is 2.59. The van der Waals surface area contributed by atoms with Crippen LogP contribution in [0.1, 0.15) is 68.8 Å². The number of para-hydroxylation sites is 1. The molecule has 65 heavy (non-hydrogen) atoms. The highest BCUT2D eigenvalue weighted by Gasteiger charge is 2.60. The van der Waals surface area contributed by atoms with Crippen LogP contribution in [0.4, 0.5) is 17.1 Å². The Labute approximate surface area is 381 Å². The monoisotopic (exact) mass is 827 g/mol. The first-order valence-electron chi connectivity index (χ1n) is 23.3. The van der Waals surface area contributed by atoms with Crippen molar-refractivity contribution in [3.8, 4) is 33.4 Å². The molecule has 0 aromatic heterocycles. The summed E-state index contributed by atoms with van der Waals surface area (Å²) in [5, 5.41) is 0. The minimum absolute atomic E-state index is 0.304. The second kappa shape index (κ2) is 13.9. The summed E-state index contributed by atoms with van der Waals surface area (Å²) in [5.74, 6) is 0.304. The van der Waals surface area contributed by atoms with Crippen molar-refractivity contribution in [1.29, 1.82) is 0 Å². The first kappa shape index (κ1) is 36.7. The van der Waals surface area contributed by atoms with E-state index in [1.54, 1.807) is 0 Å². The van der Waals surface area contributed by atoms with Crippen molar-refractivity contribution in [2.24, 2.45) is 0 Å². The lowest BCUT2D eigenvalue weighted by atomic mass is 9.50. The molecule has 2 spiro atoms. The second-order valence-electron chi connectivity index (χ2n) is 18.5. The maximum absolute atomic E-state index is 2.59. The minimum Gasteiger partial charge on any atom is -0.310 e. The van der Waals surface area contributed by atoms with E-state index in [1.165, 1.54) is 100 Å². The van der Waals surface area contributed by atoms with Gasteiger partial charge in [-0.2, -0.15) is 0 Å². The highest BCUT2D eigenvalue weighted by Crippen LogP contribution is 2.70. The van der Waals surface area contributed by atoms with Gasteiger partial charge in [-0.3, -0.25) is 0 Å². The topological polar surface area (TPSA) is 3.24 Å². The van der Waals surface area contributed by atoms with Gasteiger partial charge in [0.25, 0.3) is 0 Å². The van der Waals surface area contributed by atoms with Crippen LogP contribution in [0.15, 0.2) is 242 Å². The van der Waals surface area contributed by atoms with Crippen LogP contribution >= 0.6 is 0 Å². The van der Waals surface area contributed by atoms with E-state index in [1.807, 2.05) is 0 Å². The molecule has 0 radical (unpaired) electrons. The van der Waals surface area contributed by atoms with Gasteiger partial charge in [0.05, 0.1) is 16.5 Å². The summed E-state index contributed by atoms with van der Waals surface area (Å²) in [6.45, 7) is 0. The van der Waals surface area contributed by atoms with Crippen molar-refractivity contribution >= 4 is 17.1 Å². The molecule has 0 aliphatic heterocycles. The first-order valence-corrected chi connectivity index (χ1v) is 23.3. The maximum Gasteiger partial charge on any atom is 0.0737 e. The number of rotatable bonds is 4. The normalized spacial score (nSPS) is 17.0. The summed E-state index contributed by atoms with van der Waals surface area (Å²) in [7, 11) is 0. The van der Waals surface area contributed by atoms with Crippen LogP contribution in [0, 0.1) is 0 Å². The molecule has 5 aliphatic rings. The van der Waals surface area contributed by atoms with E-state index in [2.05, 4.69) is 235 Å². The molecule has 0 fully saturated rings. The number of benzene rings is 9. The van der Waals surface area contributed by atoms with E-state index in [0.29, 0.717) is 5.92 Å². The van der Waals surface area contributed by atoms with Gasteiger partial charge in [0.2, 0.25) is 0 Å². The average molecular weight is 828 g/mol. The maximum atomic E-state index is 2.59. The van der Waals surface area contributed by atoms with Crippen LogP contribution in [0.3, 0.4) is 0 Å². The molecule has 9 aromatic rings. The predicted molar refractivity (Wildman–Crippen MR) is 267 cm³/mol. The molecule has 9 aromatic carbocycles. The van der Waals surface area contributed by atoms with Gasteiger partial charge >= 0.3 is 0 Å². The summed E-state index contributed by atoms with van der Waals surface area (Å²) < 4.78 is 0. The molecule has 1 nitrogen and oxygen atoms in total. The van der Waals surface area contributed by atoms with E-state index >= 15 is 0 Å². The number of hydrogen-bond acceptors (Lipinski definition) is 1. The van der Waals surface area contributed by atoms with Crippen molar-refractivity contribution < 1.29 is 0 Å². The van der Waals surface area contributed by atoms with Gasteiger partial charge in [0, 0.05) is 22.9 Å². The summed E-state index contributed by atoms with van der Waals surface area (Å²) in [5.41, 5.74) is 25.7. The van der Waals surface area contributed by atoms with E-state index < -0.39 is 10.8 Å². The third-order valence-electron chi connectivity index (χ3n) is 15.6. The number of allylic oxidation sites excluding steroid dienone is 4. The van der Waals surface area contributed by atoms with E-state index in [0.717, 1.165) is 30.6 Å². The van der Waals surface area contributed by atoms with Crippen molar-refractivity contribution in [3.63, 3.8) is 0 Å². The zero-order valence-electron chi connectivity index (χ0n) is 36.1. The summed E-state index contributed by atoms with van der Waals surface area (Å²) in [6.07, 6.45) is 7.95. The van der Waals surface area contributed by atoms with Gasteiger partial charge in [0.15, 0.2) is 0 Å². The fraction of sp³-hybridized carbons (Fsp3) is 0.0938. The Morgan fingerprint density at radius 3 is 1.60 bits per heavy atom. The molecule has 0 saturated heterocycles. The SMILES string of the molecule is C1=CC2=C(CC1)C1(c3ccccc3-c3ccccc31)c1cccc(N(c3ccccc3)c3ccc4c(c3)-c3ccccc3C(c3ccccc3)C4)c1C21c2ccccc2-c2ccccc21. The fourth-order valence-electron chi connectivity index (χ4n) is 13.3. The molecule has 1 unspecified atom stereocenters. The Bertz CT molecular complexity index is 3390. The fourth-order valence-corrected chi connectivity index (χ4v) is 13.3. The standard InChI is InChI=1S/C64H45N/c1-3-20-42(21-4-1)52-40-43-38-39-45(41-53(43)47-25-8-7-24-46(47)52)65(44-22-5-2-6-23-44)61-37-19-36-60-62(61)64(56-32-15-11-28-50(56)51-29-12-16-33-57(51)64)59-35-18-17-34-58(59)63(60)54-30-13-9-26-48(54)49-27-10-14-31-55(49)63/h1-16,18-33,35-39,41,52H,17,34,40H2. The van der Waals surface area contributed by atoms with Crippen LogP contribution in [-0.2, 0) is 17.3 Å². The Morgan fingerprint density at radius 2 is 0.954 bits per heavy atom. The van der Waals surface area contributed by atoms with Crippen LogP contribution in [0.25, 0.3) is 33.4 Å². The van der Waals surface area contributed by atoms with E-state index in [9.17, 15) is 0 Å². The molecule has 1 atom stereocenters. The van der Waals surface area contributed by atoms with Gasteiger partial charge in [-0.1, -0.05) is 200 Å². The largest absolute Gasteiger partial charge is 0.310 e. The molecule has 0 bridgehead atoms. The first-order chi connectivity index (χ1) is 32.3. The van der Waals surface area contributed by atoms with Crippen molar-refractivity contribution in [3.05, 3.63) is 292 Å². The molecular formula is C64H45N. The average Bonchev–Trinajstić information content (AvgIpc) is 3.84. The Balaban J connectivity index is 1.11. The van der Waals surface area contributed by atoms with Crippen molar-refractivity contribution in [1.82, 2.24) is 0 Å². The Morgan fingerprint density at radius 1 is 0.415 bits per heavy atom. The van der Waals surface area contributed by atoms with Gasteiger partial charge < -0.3 is 4.90 Å². The molecule has 1 heteroatoms. The van der Waals surface area contributed by atoms with Crippen LogP contribution in [0.5, 0.6) is 0 Å². The third kappa shape index (κ3) is 4.83. The molecule has 0 N–H and O–H groups in total. The molecule has 306 valence electrons. The lowest BCUT2D eigenvalue weighted by molar-refractivity contribution is 0.590. The molecule has 5 aliphatic carbocycles. The number of hydrogen-bond donors (Lipinski definition) is 0. The molecule has 0 amide bonds. The third-order valence-corrected chi connectivity index (χ3v) is 15.6. The summed E-state index contributed by atoms with van der Waals surface area (Å²) >= 11 is 0. The van der Waals surface area contributed by atoms with E-state index in [4.69, 9.17) is 0 Å². The van der Waals surface area contributed by atoms with E-state index in [-0.39, 0.29) is 0 Å². The Kier molecular flexibility index (Phi) is 7.84. The quantitative estimate of drug-likeness (QED) is 0.171. The second-order valence-corrected chi connectivity index (χ2v) is 18.5. The lowest BCUT2D eigenvalue weighted by Gasteiger charge is -2.52. The molecule has 0 saturated carbocycles. The van der Waals surface area contributed by atoms with Gasteiger partial charge in [-0.05, 0) is 139 Å². The Hall–Kier alpha value is -7.74. The lowest BCUT2D eigenvalue weighted by Crippen LogP contribution is -2.45. The van der Waals surface area contributed by atoms with Crippen LogP contribution < -0.4 is 4.90 Å². The molecule has 0 heterocycles. The van der Waals surface area contributed by atoms with Gasteiger partial charge in [0.1, 0.15) is 0 Å². The number of fused-ring (bicyclic) bond motifs is 18. The predicted octanol–water partition coefficient (Wildman–Crippen LogP) is 15.8. The van der Waals surface area contributed by atoms with Crippen LogP contribution in [-0.4, -0.2) is 0 Å². The van der Waals surface area contributed by atoms with Crippen molar-refractivity contribution in [2.75, 3.05) is 4.90 Å². The number of anilines is 3. The van der Waals surface area contributed by atoms with Gasteiger partial charge in [-0.25, -0.2) is 0 Å². The molecular weight excluding hydrogens is 783 g/mol. The highest BCUT2D eigenvalue weighted by atomic mass is 15.1. The minimum atomic E-state index is -0.583.